The van der Waals surface area contributed by atoms with Gasteiger partial charge >= 0.3 is 0 Å². The van der Waals surface area contributed by atoms with Gasteiger partial charge in [0, 0.05) is 6.04 Å². The molecule has 0 aromatic carbocycles. The monoisotopic (exact) mass is 243 g/mol. The van der Waals surface area contributed by atoms with Crippen molar-refractivity contribution in [3.05, 3.63) is 35.3 Å². The van der Waals surface area contributed by atoms with Crippen molar-refractivity contribution in [2.24, 2.45) is 23.5 Å². The van der Waals surface area contributed by atoms with Crippen LogP contribution in [-0.4, -0.2) is 13.9 Å². The highest BCUT2D eigenvalue weighted by Gasteiger charge is 2.41. The van der Waals surface area contributed by atoms with E-state index in [1.165, 1.54) is 36.7 Å². The molecule has 0 heterocycles. The summed E-state index contributed by atoms with van der Waals surface area (Å²) < 4.78 is 0. The molecule has 0 bridgehead atoms. The first kappa shape index (κ1) is 13.7. The highest BCUT2D eigenvalue weighted by atomic mass is 14.7. The first-order chi connectivity index (χ1) is 8.65. The highest BCUT2D eigenvalue weighted by Crippen LogP contribution is 2.48. The number of hydrogen-bond acceptors (Lipinski definition) is 1. The summed E-state index contributed by atoms with van der Waals surface area (Å²) in [5.41, 5.74) is 9.14. The van der Waals surface area contributed by atoms with Crippen LogP contribution >= 0.6 is 0 Å². The molecule has 0 amide bonds. The second kappa shape index (κ2) is 5.92. The summed E-state index contributed by atoms with van der Waals surface area (Å²) in [6.07, 6.45) is 14.3. The van der Waals surface area contributed by atoms with Gasteiger partial charge in [0.25, 0.3) is 0 Å². The summed E-state index contributed by atoms with van der Waals surface area (Å²) in [6, 6.07) is 0.439. The van der Waals surface area contributed by atoms with Gasteiger partial charge in [-0.2, -0.15) is 0 Å². The molecule has 98 valence electrons. The van der Waals surface area contributed by atoms with Gasteiger partial charge in [0.15, 0.2) is 0 Å². The average Bonchev–Trinajstić information content (AvgIpc) is 2.32. The molecule has 4 atom stereocenters. The van der Waals surface area contributed by atoms with Crippen LogP contribution in [0.2, 0.25) is 0 Å². The van der Waals surface area contributed by atoms with Crippen LogP contribution in [0.1, 0.15) is 39.5 Å². The molecule has 0 aromatic heterocycles. The fraction of sp³-hybridized carbons (Fsp3) is 0.625. The third-order valence-corrected chi connectivity index (χ3v) is 4.97. The number of nitrogens with two attached hydrogens (primary N) is 1. The van der Waals surface area contributed by atoms with E-state index in [9.17, 15) is 0 Å². The Balaban J connectivity index is 2.02. The zero-order valence-corrected chi connectivity index (χ0v) is 12.0. The van der Waals surface area contributed by atoms with Gasteiger partial charge in [-0.25, -0.2) is 0 Å². The molecular weight excluding hydrogens is 217 g/mol. The molecule has 18 heavy (non-hydrogen) atoms. The van der Waals surface area contributed by atoms with Crippen molar-refractivity contribution >= 4 is 7.85 Å². The standard InChI is InChI=1S/C16H26BN/c1-3-11(5-7-14(17)4-2)13-9-12-6-8-15(12)16(18)10-13/h3-5,7,12-13,15-16H,6,8-10,17-18H2,1-2H3/b7-5-,11-3+,14-4-. The molecule has 0 radical (unpaired) electrons. The highest BCUT2D eigenvalue weighted by molar-refractivity contribution is 6.23. The molecule has 0 aromatic rings. The molecule has 0 saturated heterocycles. The molecule has 2 fully saturated rings. The van der Waals surface area contributed by atoms with Crippen LogP contribution in [0.15, 0.2) is 35.3 Å². The zero-order chi connectivity index (χ0) is 13.1. The van der Waals surface area contributed by atoms with E-state index in [0.717, 1.165) is 11.8 Å². The number of hydrogen-bond donors (Lipinski definition) is 1. The third-order valence-electron chi connectivity index (χ3n) is 4.97. The zero-order valence-electron chi connectivity index (χ0n) is 12.0. The predicted molar refractivity (Wildman–Crippen MR) is 82.1 cm³/mol. The van der Waals surface area contributed by atoms with Gasteiger partial charge in [-0.1, -0.05) is 29.8 Å². The fourth-order valence-electron chi connectivity index (χ4n) is 3.48. The molecule has 2 heteroatoms. The molecule has 2 rings (SSSR count). The molecule has 2 aliphatic carbocycles. The van der Waals surface area contributed by atoms with Crippen molar-refractivity contribution in [2.45, 2.75) is 45.6 Å². The smallest absolute Gasteiger partial charge is 0.138 e. The Morgan fingerprint density at radius 2 is 1.89 bits per heavy atom. The van der Waals surface area contributed by atoms with E-state index >= 15 is 0 Å². The molecule has 2 aliphatic rings. The van der Waals surface area contributed by atoms with Gasteiger partial charge < -0.3 is 5.73 Å². The molecule has 0 spiro atoms. The molecule has 0 aliphatic heterocycles. The van der Waals surface area contributed by atoms with E-state index < -0.39 is 0 Å². The number of rotatable bonds is 3. The number of allylic oxidation sites excluding steroid dienone is 6. The fourth-order valence-corrected chi connectivity index (χ4v) is 3.48. The summed E-state index contributed by atoms with van der Waals surface area (Å²) in [5.74, 6) is 2.43. The van der Waals surface area contributed by atoms with E-state index in [1.807, 2.05) is 0 Å². The minimum Gasteiger partial charge on any atom is -0.327 e. The largest absolute Gasteiger partial charge is 0.327 e. The van der Waals surface area contributed by atoms with Gasteiger partial charge in [-0.3, -0.25) is 0 Å². The quantitative estimate of drug-likeness (QED) is 0.598. The van der Waals surface area contributed by atoms with Gasteiger partial charge in [0.1, 0.15) is 7.85 Å². The Hall–Kier alpha value is -0.755. The van der Waals surface area contributed by atoms with E-state index in [1.54, 1.807) is 0 Å². The predicted octanol–water partition coefficient (Wildman–Crippen LogP) is 2.79. The van der Waals surface area contributed by atoms with Crippen molar-refractivity contribution in [3.63, 3.8) is 0 Å². The van der Waals surface area contributed by atoms with E-state index in [2.05, 4.69) is 46.0 Å². The summed E-state index contributed by atoms with van der Waals surface area (Å²) in [4.78, 5) is 0. The molecule has 2 N–H and O–H groups in total. The second-order valence-corrected chi connectivity index (χ2v) is 5.99. The van der Waals surface area contributed by atoms with Crippen LogP contribution in [0, 0.1) is 17.8 Å². The Morgan fingerprint density at radius 1 is 1.11 bits per heavy atom. The maximum Gasteiger partial charge on any atom is 0.138 e. The van der Waals surface area contributed by atoms with Crippen molar-refractivity contribution in [1.29, 1.82) is 0 Å². The van der Waals surface area contributed by atoms with Crippen LogP contribution in [0.5, 0.6) is 0 Å². The van der Waals surface area contributed by atoms with Gasteiger partial charge in [-0.05, 0) is 62.9 Å². The maximum absolute atomic E-state index is 6.32. The second-order valence-electron chi connectivity index (χ2n) is 5.99. The first-order valence-corrected chi connectivity index (χ1v) is 7.38. The van der Waals surface area contributed by atoms with Crippen LogP contribution in [-0.2, 0) is 0 Å². The lowest BCUT2D eigenvalue weighted by atomic mass is 9.59. The van der Waals surface area contributed by atoms with E-state index in [-0.39, 0.29) is 0 Å². The third kappa shape index (κ3) is 2.80. The molecule has 2 saturated carbocycles. The topological polar surface area (TPSA) is 26.0 Å². The summed E-state index contributed by atoms with van der Waals surface area (Å²) in [6.45, 7) is 4.24. The van der Waals surface area contributed by atoms with E-state index in [0.29, 0.717) is 12.0 Å². The van der Waals surface area contributed by atoms with Crippen molar-refractivity contribution < 1.29 is 0 Å². The first-order valence-electron chi connectivity index (χ1n) is 7.38. The van der Waals surface area contributed by atoms with Gasteiger partial charge in [-0.15, -0.1) is 0 Å². The lowest BCUT2D eigenvalue weighted by Crippen LogP contribution is -2.47. The molecule has 4 unspecified atom stereocenters. The summed E-state index contributed by atoms with van der Waals surface area (Å²) >= 11 is 0. The Morgan fingerprint density at radius 3 is 2.39 bits per heavy atom. The SMILES string of the molecule is BC(/C=C\C(=C/C)C1CC(N)C2CCC2C1)=C\C. The van der Waals surface area contributed by atoms with Crippen LogP contribution in [0.25, 0.3) is 0 Å². The van der Waals surface area contributed by atoms with Crippen molar-refractivity contribution in [1.82, 2.24) is 0 Å². The minimum absolute atomic E-state index is 0.439. The Labute approximate surface area is 113 Å². The Bertz CT molecular complexity index is 373. The summed E-state index contributed by atoms with van der Waals surface area (Å²) in [5, 5.41) is 0. The Kier molecular flexibility index (Phi) is 4.50. The van der Waals surface area contributed by atoms with E-state index in [4.69, 9.17) is 5.73 Å². The normalized spacial score (nSPS) is 37.5. The van der Waals surface area contributed by atoms with Gasteiger partial charge in [0.05, 0.1) is 0 Å². The molecule has 1 nitrogen and oxygen atoms in total. The minimum atomic E-state index is 0.439. The van der Waals surface area contributed by atoms with Crippen LogP contribution in [0.3, 0.4) is 0 Å². The van der Waals surface area contributed by atoms with Crippen LogP contribution in [0.4, 0.5) is 0 Å². The number of fused-ring (bicyclic) bond motifs is 1. The lowest BCUT2D eigenvalue weighted by molar-refractivity contribution is 0.0698. The lowest BCUT2D eigenvalue weighted by Gasteiger charge is -2.48. The average molecular weight is 243 g/mol. The van der Waals surface area contributed by atoms with Gasteiger partial charge in [0.2, 0.25) is 0 Å². The summed E-state index contributed by atoms with van der Waals surface area (Å²) in [7, 11) is 2.15. The van der Waals surface area contributed by atoms with Crippen LogP contribution < -0.4 is 5.73 Å². The molecular formula is C16H26BN. The van der Waals surface area contributed by atoms with Crippen molar-refractivity contribution in [3.8, 4) is 0 Å². The maximum atomic E-state index is 6.32. The van der Waals surface area contributed by atoms with Crippen molar-refractivity contribution in [2.75, 3.05) is 0 Å².